The Balaban J connectivity index is 0.00000200. The summed E-state index contributed by atoms with van der Waals surface area (Å²) in [5, 5.41) is 12.4. The van der Waals surface area contributed by atoms with Gasteiger partial charge in [-0.1, -0.05) is 30.3 Å². The number of hydrogen-bond acceptors (Lipinski definition) is 4. The molecule has 0 amide bonds. The predicted molar refractivity (Wildman–Crippen MR) is 75.6 cm³/mol. The second kappa shape index (κ2) is 7.26. The number of carboxylic acids is 1. The number of esters is 1. The second-order valence-corrected chi connectivity index (χ2v) is 4.74. The molecule has 0 aromatic heterocycles. The average Bonchev–Trinajstić information content (AvgIpc) is 2.36. The summed E-state index contributed by atoms with van der Waals surface area (Å²) in [6, 6.07) is 9.27. The van der Waals surface area contributed by atoms with Crippen molar-refractivity contribution < 1.29 is 19.4 Å². The van der Waals surface area contributed by atoms with Gasteiger partial charge in [0.15, 0.2) is 0 Å². The monoisotopic (exact) mass is 299 g/mol. The van der Waals surface area contributed by atoms with Crippen molar-refractivity contribution in [2.45, 2.75) is 32.0 Å². The van der Waals surface area contributed by atoms with E-state index in [2.05, 4.69) is 5.32 Å². The molecule has 0 saturated carbocycles. The van der Waals surface area contributed by atoms with Gasteiger partial charge in [-0.3, -0.25) is 9.59 Å². The number of carboxylic acid groups (broad SMARTS) is 1. The topological polar surface area (TPSA) is 75.6 Å². The molecule has 3 atom stereocenters. The molecule has 1 saturated heterocycles. The van der Waals surface area contributed by atoms with Gasteiger partial charge in [0.05, 0.1) is 6.42 Å². The molecular weight excluding hydrogens is 282 g/mol. The minimum Gasteiger partial charge on any atom is -0.481 e. The molecule has 1 aliphatic heterocycles. The zero-order chi connectivity index (χ0) is 13.8. The van der Waals surface area contributed by atoms with E-state index in [9.17, 15) is 14.7 Å². The molecule has 1 aromatic carbocycles. The fourth-order valence-electron chi connectivity index (χ4n) is 2.38. The van der Waals surface area contributed by atoms with E-state index in [0.717, 1.165) is 5.56 Å². The van der Waals surface area contributed by atoms with E-state index in [1.54, 1.807) is 6.92 Å². The van der Waals surface area contributed by atoms with Crippen LogP contribution in [0, 0.1) is 5.92 Å². The molecule has 110 valence electrons. The Morgan fingerprint density at radius 1 is 1.40 bits per heavy atom. The zero-order valence-electron chi connectivity index (χ0n) is 11.1. The molecular formula is C14H18ClNO4. The number of nitrogens with one attached hydrogen (secondary N) is 1. The van der Waals surface area contributed by atoms with Gasteiger partial charge in [0.2, 0.25) is 0 Å². The summed E-state index contributed by atoms with van der Waals surface area (Å²) in [5.41, 5.74) is 1.05. The van der Waals surface area contributed by atoms with Crippen LogP contribution in [0.4, 0.5) is 0 Å². The lowest BCUT2D eigenvalue weighted by atomic mass is 9.89. The summed E-state index contributed by atoms with van der Waals surface area (Å²) in [5.74, 6) is -2.00. The summed E-state index contributed by atoms with van der Waals surface area (Å²) >= 11 is 0. The lowest BCUT2D eigenvalue weighted by Crippen LogP contribution is -2.51. The second-order valence-electron chi connectivity index (χ2n) is 4.74. The first-order valence-electron chi connectivity index (χ1n) is 6.27. The van der Waals surface area contributed by atoms with Crippen molar-refractivity contribution in [3.63, 3.8) is 0 Å². The molecule has 0 aliphatic carbocycles. The summed E-state index contributed by atoms with van der Waals surface area (Å²) in [6.07, 6.45) is -0.513. The highest BCUT2D eigenvalue weighted by Crippen LogP contribution is 2.23. The molecule has 1 aliphatic rings. The predicted octanol–water partition coefficient (Wildman–Crippen LogP) is 1.60. The van der Waals surface area contributed by atoms with E-state index in [1.165, 1.54) is 0 Å². The summed E-state index contributed by atoms with van der Waals surface area (Å²) in [7, 11) is 0. The quantitative estimate of drug-likeness (QED) is 0.826. The zero-order valence-corrected chi connectivity index (χ0v) is 11.9. The number of cyclic esters (lactones) is 1. The minimum atomic E-state index is -0.939. The molecule has 2 rings (SSSR count). The highest BCUT2D eigenvalue weighted by Gasteiger charge is 2.40. The van der Waals surface area contributed by atoms with Crippen LogP contribution in [0.3, 0.4) is 0 Å². The van der Waals surface area contributed by atoms with Crippen LogP contribution in [0.1, 0.15) is 18.9 Å². The average molecular weight is 300 g/mol. The van der Waals surface area contributed by atoms with Crippen LogP contribution in [-0.2, 0) is 20.9 Å². The number of benzene rings is 1. The molecule has 1 heterocycles. The highest BCUT2D eigenvalue weighted by molar-refractivity contribution is 5.85. The first kappa shape index (κ1) is 16.5. The number of rotatable bonds is 4. The Labute approximate surface area is 123 Å². The standard InChI is InChI=1S/C14H17NO4.ClH/c1-9-13(14(17)18)11(7-12(16)19-9)15-8-10-5-3-2-4-6-10;/h2-6,9,11,13,15H,7-8H2,1H3,(H,17,18);1H/t9-,11-,13-;/m1./s1. The van der Waals surface area contributed by atoms with Crippen LogP contribution in [-0.4, -0.2) is 29.2 Å². The largest absolute Gasteiger partial charge is 0.481 e. The van der Waals surface area contributed by atoms with Crippen LogP contribution < -0.4 is 5.32 Å². The van der Waals surface area contributed by atoms with Crippen LogP contribution in [0.25, 0.3) is 0 Å². The SMILES string of the molecule is C[C@H]1OC(=O)C[C@@H](NCc2ccccc2)[C@@H]1C(=O)O.Cl. The maximum Gasteiger partial charge on any atom is 0.311 e. The van der Waals surface area contributed by atoms with Gasteiger partial charge in [-0.15, -0.1) is 12.4 Å². The Hall–Kier alpha value is -1.59. The van der Waals surface area contributed by atoms with Crippen LogP contribution in [0.5, 0.6) is 0 Å². The van der Waals surface area contributed by atoms with E-state index >= 15 is 0 Å². The summed E-state index contributed by atoms with van der Waals surface area (Å²) in [4.78, 5) is 22.7. The number of carbonyl (C=O) groups excluding carboxylic acids is 1. The number of hydrogen-bond donors (Lipinski definition) is 2. The lowest BCUT2D eigenvalue weighted by molar-refractivity contribution is -0.167. The van der Waals surface area contributed by atoms with Gasteiger partial charge < -0.3 is 15.2 Å². The Morgan fingerprint density at radius 2 is 2.05 bits per heavy atom. The number of ether oxygens (including phenoxy) is 1. The Bertz CT molecular complexity index is 466. The van der Waals surface area contributed by atoms with Gasteiger partial charge >= 0.3 is 11.9 Å². The van der Waals surface area contributed by atoms with Crippen molar-refractivity contribution in [3.05, 3.63) is 35.9 Å². The molecule has 2 N–H and O–H groups in total. The Kier molecular flexibility index (Phi) is 5.98. The molecule has 0 radical (unpaired) electrons. The van der Waals surface area contributed by atoms with Crippen molar-refractivity contribution in [3.8, 4) is 0 Å². The lowest BCUT2D eigenvalue weighted by Gasteiger charge is -2.33. The summed E-state index contributed by atoms with van der Waals surface area (Å²) < 4.78 is 4.98. The third kappa shape index (κ3) is 3.95. The maximum atomic E-state index is 11.4. The number of carbonyl (C=O) groups is 2. The fraction of sp³-hybridized carbons (Fsp3) is 0.429. The van der Waals surface area contributed by atoms with Crippen molar-refractivity contribution >= 4 is 24.3 Å². The highest BCUT2D eigenvalue weighted by atomic mass is 35.5. The van der Waals surface area contributed by atoms with E-state index in [1.807, 2.05) is 30.3 Å². The molecule has 0 spiro atoms. The minimum absolute atomic E-state index is 0. The number of halogens is 1. The van der Waals surface area contributed by atoms with Gasteiger partial charge in [0.25, 0.3) is 0 Å². The number of aliphatic carboxylic acids is 1. The van der Waals surface area contributed by atoms with Crippen molar-refractivity contribution in [1.29, 1.82) is 0 Å². The van der Waals surface area contributed by atoms with Gasteiger partial charge in [-0.25, -0.2) is 0 Å². The van der Waals surface area contributed by atoms with Crippen molar-refractivity contribution in [1.82, 2.24) is 5.32 Å². The third-order valence-corrected chi connectivity index (χ3v) is 3.34. The Morgan fingerprint density at radius 3 is 2.65 bits per heavy atom. The van der Waals surface area contributed by atoms with Crippen LogP contribution in [0.15, 0.2) is 30.3 Å². The van der Waals surface area contributed by atoms with E-state index < -0.39 is 24.0 Å². The molecule has 20 heavy (non-hydrogen) atoms. The van der Waals surface area contributed by atoms with Gasteiger partial charge in [-0.05, 0) is 12.5 Å². The van der Waals surface area contributed by atoms with Gasteiger partial charge in [-0.2, -0.15) is 0 Å². The van der Waals surface area contributed by atoms with Gasteiger partial charge in [0, 0.05) is 12.6 Å². The molecule has 1 fully saturated rings. The smallest absolute Gasteiger partial charge is 0.311 e. The normalized spacial score (nSPS) is 25.4. The summed E-state index contributed by atoms with van der Waals surface area (Å²) in [6.45, 7) is 2.16. The molecule has 5 nitrogen and oxygen atoms in total. The molecule has 0 unspecified atom stereocenters. The molecule has 6 heteroatoms. The third-order valence-electron chi connectivity index (χ3n) is 3.34. The van der Waals surface area contributed by atoms with E-state index in [0.29, 0.717) is 6.54 Å². The van der Waals surface area contributed by atoms with Crippen molar-refractivity contribution in [2.24, 2.45) is 5.92 Å². The van der Waals surface area contributed by atoms with E-state index in [4.69, 9.17) is 4.74 Å². The first-order chi connectivity index (χ1) is 9.08. The maximum absolute atomic E-state index is 11.4. The fourth-order valence-corrected chi connectivity index (χ4v) is 2.38. The van der Waals surface area contributed by atoms with Crippen molar-refractivity contribution in [2.75, 3.05) is 0 Å². The van der Waals surface area contributed by atoms with Gasteiger partial charge in [0.1, 0.15) is 12.0 Å². The van der Waals surface area contributed by atoms with E-state index in [-0.39, 0.29) is 24.8 Å². The van der Waals surface area contributed by atoms with Crippen LogP contribution >= 0.6 is 12.4 Å². The molecule has 0 bridgehead atoms. The van der Waals surface area contributed by atoms with Crippen LogP contribution in [0.2, 0.25) is 0 Å². The molecule has 1 aromatic rings. The first-order valence-corrected chi connectivity index (χ1v) is 6.27.